The molecule has 108 valence electrons. The maximum Gasteiger partial charge on any atom is 0.219 e. The molecule has 0 aromatic carbocycles. The number of rotatable bonds is 4. The number of alkyl halides is 1. The van der Waals surface area contributed by atoms with E-state index in [9.17, 15) is 4.79 Å². The molecular formula is C13H16Cl2N4O. The van der Waals surface area contributed by atoms with Gasteiger partial charge in [-0.25, -0.2) is 9.97 Å². The Kier molecular flexibility index (Phi) is 3.93. The van der Waals surface area contributed by atoms with Crippen LogP contribution in [0.3, 0.4) is 0 Å². The molecule has 7 heteroatoms. The third-order valence-corrected chi connectivity index (χ3v) is 3.46. The topological polar surface area (TPSA) is 73.8 Å². The normalized spacial score (nSPS) is 13.7. The molecule has 2 rings (SSSR count). The highest BCUT2D eigenvalue weighted by Crippen LogP contribution is 2.32. The summed E-state index contributed by atoms with van der Waals surface area (Å²) in [4.78, 5) is 20.1. The lowest BCUT2D eigenvalue weighted by atomic mass is 9.99. The molecule has 0 fully saturated rings. The first-order valence-corrected chi connectivity index (χ1v) is 7.00. The van der Waals surface area contributed by atoms with Crippen molar-refractivity contribution in [3.8, 4) is 0 Å². The molecule has 1 amide bonds. The standard InChI is InChI=1S/C13H16Cl2N4O/c1-7(14)11-18-9-4-8(15)6-17-12(9)19(11)13(2,3)5-10(16)20/h4,6-7H,5H2,1-3H3,(H2,16,20). The lowest BCUT2D eigenvalue weighted by molar-refractivity contribution is -0.119. The highest BCUT2D eigenvalue weighted by molar-refractivity contribution is 6.31. The number of amides is 1. The zero-order valence-corrected chi connectivity index (χ0v) is 13.0. The van der Waals surface area contributed by atoms with Gasteiger partial charge < -0.3 is 10.3 Å². The molecule has 0 saturated heterocycles. The Morgan fingerprint density at radius 2 is 2.20 bits per heavy atom. The molecular weight excluding hydrogens is 299 g/mol. The minimum Gasteiger partial charge on any atom is -0.370 e. The van der Waals surface area contributed by atoms with E-state index in [0.717, 1.165) is 0 Å². The lowest BCUT2D eigenvalue weighted by Gasteiger charge is -2.28. The van der Waals surface area contributed by atoms with Crippen LogP contribution in [0.15, 0.2) is 12.3 Å². The molecule has 2 N–H and O–H groups in total. The van der Waals surface area contributed by atoms with E-state index in [1.54, 1.807) is 12.3 Å². The number of pyridine rings is 1. The highest BCUT2D eigenvalue weighted by Gasteiger charge is 2.30. The van der Waals surface area contributed by atoms with Crippen molar-refractivity contribution in [3.05, 3.63) is 23.1 Å². The van der Waals surface area contributed by atoms with Crippen molar-refractivity contribution in [2.75, 3.05) is 0 Å². The van der Waals surface area contributed by atoms with Gasteiger partial charge in [-0.05, 0) is 26.8 Å². The van der Waals surface area contributed by atoms with Crippen molar-refractivity contribution in [2.45, 2.75) is 38.1 Å². The Bertz CT molecular complexity index is 664. The van der Waals surface area contributed by atoms with Crippen LogP contribution in [0.4, 0.5) is 0 Å². The number of aromatic nitrogens is 3. The maximum absolute atomic E-state index is 11.3. The number of nitrogens with two attached hydrogens (primary N) is 1. The summed E-state index contributed by atoms with van der Waals surface area (Å²) in [6, 6.07) is 1.73. The maximum atomic E-state index is 11.3. The summed E-state index contributed by atoms with van der Waals surface area (Å²) in [6.45, 7) is 5.62. The van der Waals surface area contributed by atoms with E-state index in [4.69, 9.17) is 28.9 Å². The van der Waals surface area contributed by atoms with Crippen LogP contribution in [0.1, 0.15) is 38.4 Å². The smallest absolute Gasteiger partial charge is 0.219 e. The van der Waals surface area contributed by atoms with Crippen LogP contribution in [0.2, 0.25) is 5.02 Å². The molecule has 0 aliphatic carbocycles. The monoisotopic (exact) mass is 314 g/mol. The average molecular weight is 315 g/mol. The van der Waals surface area contributed by atoms with Crippen LogP contribution in [0.25, 0.3) is 11.2 Å². The number of carbonyl (C=O) groups is 1. The summed E-state index contributed by atoms with van der Waals surface area (Å²) < 4.78 is 1.86. The van der Waals surface area contributed by atoms with Gasteiger partial charge in [-0.2, -0.15) is 0 Å². The first kappa shape index (κ1) is 15.1. The van der Waals surface area contributed by atoms with Crippen molar-refractivity contribution in [2.24, 2.45) is 5.73 Å². The SMILES string of the molecule is CC(Cl)c1nc2cc(Cl)cnc2n1C(C)(C)CC(N)=O. The van der Waals surface area contributed by atoms with Gasteiger partial charge in [0.25, 0.3) is 0 Å². The van der Waals surface area contributed by atoms with Crippen molar-refractivity contribution in [1.29, 1.82) is 0 Å². The van der Waals surface area contributed by atoms with Gasteiger partial charge in [-0.1, -0.05) is 11.6 Å². The number of fused-ring (bicyclic) bond motifs is 1. The molecule has 5 nitrogen and oxygen atoms in total. The number of primary amides is 1. The third kappa shape index (κ3) is 2.74. The predicted octanol–water partition coefficient (Wildman–Crippen LogP) is 3.00. The zero-order chi connectivity index (χ0) is 15.1. The molecule has 0 aliphatic rings. The quantitative estimate of drug-likeness (QED) is 0.881. The summed E-state index contributed by atoms with van der Waals surface area (Å²) in [5.41, 5.74) is 6.05. The molecule has 0 radical (unpaired) electrons. The summed E-state index contributed by atoms with van der Waals surface area (Å²) in [7, 11) is 0. The van der Waals surface area contributed by atoms with E-state index in [2.05, 4.69) is 9.97 Å². The Hall–Kier alpha value is -1.33. The minimum atomic E-state index is -0.570. The fourth-order valence-electron chi connectivity index (χ4n) is 2.33. The van der Waals surface area contributed by atoms with E-state index in [0.29, 0.717) is 22.0 Å². The molecule has 1 atom stereocenters. The van der Waals surface area contributed by atoms with Gasteiger partial charge in [0.15, 0.2) is 5.65 Å². The van der Waals surface area contributed by atoms with Crippen molar-refractivity contribution < 1.29 is 4.79 Å². The van der Waals surface area contributed by atoms with Gasteiger partial charge in [0, 0.05) is 12.6 Å². The van der Waals surface area contributed by atoms with Crippen molar-refractivity contribution in [1.82, 2.24) is 14.5 Å². The Labute approximate surface area is 127 Å². The van der Waals surface area contributed by atoms with Gasteiger partial charge in [0.2, 0.25) is 5.91 Å². The largest absolute Gasteiger partial charge is 0.370 e. The second-order valence-corrected chi connectivity index (χ2v) is 6.46. The summed E-state index contributed by atoms with van der Waals surface area (Å²) in [5.74, 6) is 0.252. The molecule has 1 unspecified atom stereocenters. The highest BCUT2D eigenvalue weighted by atomic mass is 35.5. The van der Waals surface area contributed by atoms with Gasteiger partial charge in [-0.3, -0.25) is 4.79 Å². The van der Waals surface area contributed by atoms with Crippen LogP contribution in [0.5, 0.6) is 0 Å². The Morgan fingerprint density at radius 3 is 2.75 bits per heavy atom. The van der Waals surface area contributed by atoms with Crippen molar-refractivity contribution in [3.63, 3.8) is 0 Å². The van der Waals surface area contributed by atoms with Gasteiger partial charge in [-0.15, -0.1) is 11.6 Å². The van der Waals surface area contributed by atoms with E-state index < -0.39 is 5.54 Å². The first-order chi connectivity index (χ1) is 9.22. The van der Waals surface area contributed by atoms with E-state index >= 15 is 0 Å². The molecule has 0 bridgehead atoms. The fraction of sp³-hybridized carbons (Fsp3) is 0.462. The predicted molar refractivity (Wildman–Crippen MR) is 79.9 cm³/mol. The fourth-order valence-corrected chi connectivity index (χ4v) is 2.63. The number of halogens is 2. The zero-order valence-electron chi connectivity index (χ0n) is 11.5. The second kappa shape index (κ2) is 5.22. The van der Waals surface area contributed by atoms with Crippen LogP contribution >= 0.6 is 23.2 Å². The van der Waals surface area contributed by atoms with Crippen LogP contribution in [-0.4, -0.2) is 20.4 Å². The molecule has 2 aromatic rings. The van der Waals surface area contributed by atoms with Crippen molar-refractivity contribution >= 4 is 40.3 Å². The van der Waals surface area contributed by atoms with Gasteiger partial charge in [0.1, 0.15) is 11.3 Å². The Balaban J connectivity index is 2.71. The van der Waals surface area contributed by atoms with E-state index in [1.807, 2.05) is 25.3 Å². The molecule has 2 aromatic heterocycles. The van der Waals surface area contributed by atoms with E-state index in [1.165, 1.54) is 0 Å². The van der Waals surface area contributed by atoms with Crippen LogP contribution in [-0.2, 0) is 10.3 Å². The molecule has 0 saturated carbocycles. The molecule has 20 heavy (non-hydrogen) atoms. The third-order valence-electron chi connectivity index (χ3n) is 3.06. The van der Waals surface area contributed by atoms with Gasteiger partial charge in [0.05, 0.1) is 15.9 Å². The molecule has 0 spiro atoms. The summed E-state index contributed by atoms with van der Waals surface area (Å²) >= 11 is 12.1. The lowest BCUT2D eigenvalue weighted by Crippen LogP contribution is -2.33. The Morgan fingerprint density at radius 1 is 1.55 bits per heavy atom. The first-order valence-electron chi connectivity index (χ1n) is 6.19. The second-order valence-electron chi connectivity index (χ2n) is 5.37. The summed E-state index contributed by atoms with van der Waals surface area (Å²) in [6.07, 6.45) is 1.71. The summed E-state index contributed by atoms with van der Waals surface area (Å²) in [5, 5.41) is 0.179. The van der Waals surface area contributed by atoms with Gasteiger partial charge >= 0.3 is 0 Å². The van der Waals surface area contributed by atoms with Crippen LogP contribution < -0.4 is 5.73 Å². The number of imidazole rings is 1. The number of nitrogens with zero attached hydrogens (tertiary/aromatic N) is 3. The number of hydrogen-bond acceptors (Lipinski definition) is 3. The minimum absolute atomic E-state index is 0.166. The molecule has 0 aliphatic heterocycles. The average Bonchev–Trinajstić information content (AvgIpc) is 2.66. The number of carbonyl (C=O) groups excluding carboxylic acids is 1. The van der Waals surface area contributed by atoms with Crippen LogP contribution in [0, 0.1) is 0 Å². The molecule has 2 heterocycles. The van der Waals surface area contributed by atoms with E-state index in [-0.39, 0.29) is 17.7 Å². The number of hydrogen-bond donors (Lipinski definition) is 1.